The fourth-order valence-corrected chi connectivity index (χ4v) is 3.01. The molecule has 140 valence electrons. The summed E-state index contributed by atoms with van der Waals surface area (Å²) >= 11 is 0. The first kappa shape index (κ1) is 18.5. The van der Waals surface area contributed by atoms with E-state index in [-0.39, 0.29) is 5.91 Å². The molecule has 0 atom stereocenters. The van der Waals surface area contributed by atoms with Crippen molar-refractivity contribution in [2.24, 2.45) is 5.92 Å². The van der Waals surface area contributed by atoms with Crippen molar-refractivity contribution in [3.63, 3.8) is 0 Å². The van der Waals surface area contributed by atoms with Gasteiger partial charge in [-0.15, -0.1) is 0 Å². The minimum Gasteiger partial charge on any atom is -0.340 e. The molecule has 26 heavy (non-hydrogen) atoms. The lowest BCUT2D eigenvalue weighted by molar-refractivity contribution is -0.133. The molecule has 0 radical (unpaired) electrons. The summed E-state index contributed by atoms with van der Waals surface area (Å²) in [5.74, 6) is 1.92. The lowest BCUT2D eigenvalue weighted by Gasteiger charge is -2.35. The molecule has 1 aliphatic rings. The van der Waals surface area contributed by atoms with E-state index in [2.05, 4.69) is 33.9 Å². The predicted molar refractivity (Wildman–Crippen MR) is 98.3 cm³/mol. The van der Waals surface area contributed by atoms with Gasteiger partial charge in [-0.1, -0.05) is 19.0 Å². The minimum absolute atomic E-state index is 0.164. The van der Waals surface area contributed by atoms with Crippen molar-refractivity contribution in [2.45, 2.75) is 33.1 Å². The Hall–Kier alpha value is -2.28. The molecule has 3 heterocycles. The highest BCUT2D eigenvalue weighted by atomic mass is 16.5. The lowest BCUT2D eigenvalue weighted by Crippen LogP contribution is -2.49. The highest BCUT2D eigenvalue weighted by Crippen LogP contribution is 2.15. The number of carbonyl (C=O) groups is 1. The van der Waals surface area contributed by atoms with E-state index in [1.807, 2.05) is 17.0 Å². The van der Waals surface area contributed by atoms with E-state index in [0.717, 1.165) is 44.2 Å². The number of aryl methyl sites for hydroxylation is 1. The van der Waals surface area contributed by atoms with Crippen LogP contribution in [-0.4, -0.2) is 63.6 Å². The Morgan fingerprint density at radius 1 is 1.19 bits per heavy atom. The number of rotatable bonds is 7. The summed E-state index contributed by atoms with van der Waals surface area (Å²) in [6, 6.07) is 3.66. The van der Waals surface area contributed by atoms with Crippen molar-refractivity contribution >= 4 is 5.91 Å². The molecule has 0 aliphatic carbocycles. The summed E-state index contributed by atoms with van der Waals surface area (Å²) in [6.07, 6.45) is 5.48. The molecule has 0 N–H and O–H groups in total. The Morgan fingerprint density at radius 2 is 1.92 bits per heavy atom. The molecule has 7 heteroatoms. The summed E-state index contributed by atoms with van der Waals surface area (Å²) in [5, 5.41) is 3.98. The van der Waals surface area contributed by atoms with Gasteiger partial charge in [-0.3, -0.25) is 14.7 Å². The van der Waals surface area contributed by atoms with Gasteiger partial charge in [-0.25, -0.2) is 0 Å². The van der Waals surface area contributed by atoms with Crippen molar-refractivity contribution < 1.29 is 9.32 Å². The maximum Gasteiger partial charge on any atom is 0.227 e. The van der Waals surface area contributed by atoms with Crippen LogP contribution in [0, 0.1) is 5.92 Å². The van der Waals surface area contributed by atoms with E-state index in [1.165, 1.54) is 6.42 Å². The molecule has 0 bridgehead atoms. The van der Waals surface area contributed by atoms with Crippen LogP contribution >= 0.6 is 0 Å². The highest BCUT2D eigenvalue weighted by molar-refractivity contribution is 5.76. The number of carbonyl (C=O) groups excluding carboxylic acids is 1. The number of piperazine rings is 1. The van der Waals surface area contributed by atoms with Gasteiger partial charge in [0, 0.05) is 57.0 Å². The van der Waals surface area contributed by atoms with E-state index in [1.54, 1.807) is 12.4 Å². The third kappa shape index (κ3) is 5.11. The van der Waals surface area contributed by atoms with Crippen molar-refractivity contribution in [1.29, 1.82) is 0 Å². The van der Waals surface area contributed by atoms with Gasteiger partial charge in [0.25, 0.3) is 0 Å². The van der Waals surface area contributed by atoms with Crippen molar-refractivity contribution in [2.75, 3.05) is 32.7 Å². The van der Waals surface area contributed by atoms with Gasteiger partial charge in [-0.2, -0.15) is 4.98 Å². The molecule has 2 aromatic rings. The Morgan fingerprint density at radius 3 is 2.62 bits per heavy atom. The van der Waals surface area contributed by atoms with Crippen LogP contribution in [-0.2, 0) is 11.2 Å². The van der Waals surface area contributed by atoms with Crippen LogP contribution < -0.4 is 0 Å². The molecule has 0 aromatic carbocycles. The molecular weight excluding hydrogens is 330 g/mol. The van der Waals surface area contributed by atoms with E-state index >= 15 is 0 Å². The molecule has 0 saturated carbocycles. The van der Waals surface area contributed by atoms with Gasteiger partial charge in [0.1, 0.15) is 0 Å². The zero-order chi connectivity index (χ0) is 18.4. The van der Waals surface area contributed by atoms with Crippen molar-refractivity contribution in [3.8, 4) is 11.4 Å². The van der Waals surface area contributed by atoms with E-state index in [9.17, 15) is 4.79 Å². The number of hydrogen-bond acceptors (Lipinski definition) is 6. The SMILES string of the molecule is CC(C)CCN1CCN(C(=O)CCc2nc(-c3ccncc3)no2)CC1. The molecule has 0 spiro atoms. The van der Waals surface area contributed by atoms with Gasteiger partial charge >= 0.3 is 0 Å². The van der Waals surface area contributed by atoms with Gasteiger partial charge < -0.3 is 9.42 Å². The van der Waals surface area contributed by atoms with E-state index < -0.39 is 0 Å². The van der Waals surface area contributed by atoms with Crippen LogP contribution in [0.2, 0.25) is 0 Å². The summed E-state index contributed by atoms with van der Waals surface area (Å²) in [7, 11) is 0. The number of nitrogens with zero attached hydrogens (tertiary/aromatic N) is 5. The van der Waals surface area contributed by atoms with Crippen LogP contribution in [0.15, 0.2) is 29.0 Å². The lowest BCUT2D eigenvalue weighted by atomic mass is 10.1. The van der Waals surface area contributed by atoms with Gasteiger partial charge in [0.05, 0.1) is 0 Å². The Kier molecular flexibility index (Phi) is 6.33. The van der Waals surface area contributed by atoms with Crippen LogP contribution in [0.3, 0.4) is 0 Å². The first-order valence-electron chi connectivity index (χ1n) is 9.35. The zero-order valence-electron chi connectivity index (χ0n) is 15.6. The van der Waals surface area contributed by atoms with Gasteiger partial charge in [0.15, 0.2) is 0 Å². The summed E-state index contributed by atoms with van der Waals surface area (Å²) < 4.78 is 5.27. The average Bonchev–Trinajstić information content (AvgIpc) is 3.14. The van der Waals surface area contributed by atoms with E-state index in [4.69, 9.17) is 4.52 Å². The molecule has 7 nitrogen and oxygen atoms in total. The average molecular weight is 357 g/mol. The largest absolute Gasteiger partial charge is 0.340 e. The molecule has 1 fully saturated rings. The summed E-state index contributed by atoms with van der Waals surface area (Å²) in [4.78, 5) is 25.2. The van der Waals surface area contributed by atoms with Crippen LogP contribution in [0.1, 0.15) is 32.6 Å². The first-order valence-corrected chi connectivity index (χ1v) is 9.35. The first-order chi connectivity index (χ1) is 12.6. The Labute approximate surface area is 154 Å². The molecular formula is C19H27N5O2. The Bertz CT molecular complexity index is 693. The predicted octanol–water partition coefficient (Wildman–Crippen LogP) is 2.25. The molecule has 1 saturated heterocycles. The van der Waals surface area contributed by atoms with Crippen LogP contribution in [0.4, 0.5) is 0 Å². The van der Waals surface area contributed by atoms with Crippen molar-refractivity contribution in [3.05, 3.63) is 30.4 Å². The second-order valence-electron chi connectivity index (χ2n) is 7.15. The standard InChI is InChI=1S/C19H27N5O2/c1-15(2)7-10-23-11-13-24(14-12-23)18(25)4-3-17-21-19(22-26-17)16-5-8-20-9-6-16/h5-6,8-9,15H,3-4,7,10-14H2,1-2H3. The Balaban J connectivity index is 1.43. The quantitative estimate of drug-likeness (QED) is 0.757. The second-order valence-corrected chi connectivity index (χ2v) is 7.15. The maximum atomic E-state index is 12.4. The van der Waals surface area contributed by atoms with Gasteiger partial charge in [0.2, 0.25) is 17.6 Å². The summed E-state index contributed by atoms with van der Waals surface area (Å²) in [5.41, 5.74) is 0.860. The zero-order valence-corrected chi connectivity index (χ0v) is 15.6. The maximum absolute atomic E-state index is 12.4. The number of hydrogen-bond donors (Lipinski definition) is 0. The molecule has 3 rings (SSSR count). The minimum atomic E-state index is 0.164. The summed E-state index contributed by atoms with van der Waals surface area (Å²) in [6.45, 7) is 9.16. The number of pyridine rings is 1. The fraction of sp³-hybridized carbons (Fsp3) is 0.579. The topological polar surface area (TPSA) is 75.4 Å². The second kappa shape index (κ2) is 8.89. The third-order valence-electron chi connectivity index (χ3n) is 4.71. The third-order valence-corrected chi connectivity index (χ3v) is 4.71. The smallest absolute Gasteiger partial charge is 0.227 e. The van der Waals surface area contributed by atoms with E-state index in [0.29, 0.717) is 24.6 Å². The highest BCUT2D eigenvalue weighted by Gasteiger charge is 2.21. The van der Waals surface area contributed by atoms with Crippen LogP contribution in [0.5, 0.6) is 0 Å². The van der Waals surface area contributed by atoms with Crippen molar-refractivity contribution in [1.82, 2.24) is 24.9 Å². The monoisotopic (exact) mass is 357 g/mol. The molecule has 1 aliphatic heterocycles. The number of aromatic nitrogens is 3. The van der Waals surface area contributed by atoms with Crippen LogP contribution in [0.25, 0.3) is 11.4 Å². The number of amides is 1. The van der Waals surface area contributed by atoms with Gasteiger partial charge in [-0.05, 0) is 31.0 Å². The molecule has 0 unspecified atom stereocenters. The molecule has 1 amide bonds. The fourth-order valence-electron chi connectivity index (χ4n) is 3.01. The molecule has 2 aromatic heterocycles. The normalized spacial score (nSPS) is 15.6.